The van der Waals surface area contributed by atoms with E-state index in [0.29, 0.717) is 38.2 Å². The second kappa shape index (κ2) is 8.89. The van der Waals surface area contributed by atoms with Crippen molar-refractivity contribution in [1.82, 2.24) is 9.80 Å². The summed E-state index contributed by atoms with van der Waals surface area (Å²) in [6, 6.07) is 7.18. The van der Waals surface area contributed by atoms with Gasteiger partial charge in [-0.25, -0.2) is 0 Å². The van der Waals surface area contributed by atoms with Crippen LogP contribution >= 0.6 is 12.4 Å². The summed E-state index contributed by atoms with van der Waals surface area (Å²) in [6.45, 7) is 6.28. The average molecular weight is 340 g/mol. The molecule has 5 nitrogen and oxygen atoms in total. The predicted octanol–water partition coefficient (Wildman–Crippen LogP) is 1.83. The predicted molar refractivity (Wildman–Crippen MR) is 93.8 cm³/mol. The maximum absolute atomic E-state index is 12.4. The van der Waals surface area contributed by atoms with Gasteiger partial charge in [0.15, 0.2) is 0 Å². The van der Waals surface area contributed by atoms with Crippen molar-refractivity contribution in [2.24, 2.45) is 5.73 Å². The Kier molecular flexibility index (Phi) is 7.52. The number of hydrogen-bond donors (Lipinski definition) is 1. The molecule has 1 fully saturated rings. The minimum atomic E-state index is -0.413. The number of hydrogen-bond acceptors (Lipinski definition) is 3. The molecule has 0 radical (unpaired) electrons. The Morgan fingerprint density at radius 2 is 1.61 bits per heavy atom. The lowest BCUT2D eigenvalue weighted by atomic mass is 10.1. The SMILES string of the molecule is CCCC(N)C(=O)N1CCN(C(=O)c2ccc(C)cc2)CC1.Cl. The molecule has 0 spiro atoms. The topological polar surface area (TPSA) is 66.6 Å². The van der Waals surface area contributed by atoms with E-state index in [1.807, 2.05) is 38.1 Å². The van der Waals surface area contributed by atoms with Gasteiger partial charge < -0.3 is 15.5 Å². The fourth-order valence-electron chi connectivity index (χ4n) is 2.68. The molecule has 0 aliphatic carbocycles. The van der Waals surface area contributed by atoms with Crippen molar-refractivity contribution in [2.45, 2.75) is 32.7 Å². The number of benzene rings is 1. The summed E-state index contributed by atoms with van der Waals surface area (Å²) in [5.41, 5.74) is 7.72. The zero-order chi connectivity index (χ0) is 16.1. The van der Waals surface area contributed by atoms with E-state index in [0.717, 1.165) is 12.0 Å². The number of carbonyl (C=O) groups is 2. The molecule has 1 heterocycles. The molecule has 6 heteroatoms. The summed E-state index contributed by atoms with van der Waals surface area (Å²) in [4.78, 5) is 28.2. The number of carbonyl (C=O) groups excluding carboxylic acids is 2. The lowest BCUT2D eigenvalue weighted by molar-refractivity contribution is -0.134. The Morgan fingerprint density at radius 3 is 2.13 bits per heavy atom. The van der Waals surface area contributed by atoms with Crippen molar-refractivity contribution in [3.63, 3.8) is 0 Å². The van der Waals surface area contributed by atoms with Crippen LogP contribution in [-0.2, 0) is 4.79 Å². The Balaban J connectivity index is 0.00000264. The van der Waals surface area contributed by atoms with Gasteiger partial charge in [0, 0.05) is 31.7 Å². The highest BCUT2D eigenvalue weighted by atomic mass is 35.5. The first-order valence-corrected chi connectivity index (χ1v) is 7.93. The summed E-state index contributed by atoms with van der Waals surface area (Å²) < 4.78 is 0. The molecule has 1 aromatic carbocycles. The van der Waals surface area contributed by atoms with Crippen molar-refractivity contribution in [3.8, 4) is 0 Å². The number of nitrogens with two attached hydrogens (primary N) is 1. The summed E-state index contributed by atoms with van der Waals surface area (Å²) in [5.74, 6) is 0.0363. The van der Waals surface area contributed by atoms with E-state index >= 15 is 0 Å². The molecule has 1 unspecified atom stereocenters. The van der Waals surface area contributed by atoms with Crippen LogP contribution in [0.3, 0.4) is 0 Å². The first-order chi connectivity index (χ1) is 10.5. The summed E-state index contributed by atoms with van der Waals surface area (Å²) in [7, 11) is 0. The van der Waals surface area contributed by atoms with Crippen molar-refractivity contribution >= 4 is 24.2 Å². The smallest absolute Gasteiger partial charge is 0.253 e. The molecular weight excluding hydrogens is 314 g/mol. The third-order valence-electron chi connectivity index (χ3n) is 4.09. The molecule has 1 aliphatic heterocycles. The monoisotopic (exact) mass is 339 g/mol. The third-order valence-corrected chi connectivity index (χ3v) is 4.09. The first kappa shape index (κ1) is 19.5. The second-order valence-electron chi connectivity index (χ2n) is 5.88. The van der Waals surface area contributed by atoms with Crippen LogP contribution in [0.15, 0.2) is 24.3 Å². The lowest BCUT2D eigenvalue weighted by Gasteiger charge is -2.36. The number of aryl methyl sites for hydroxylation is 1. The number of nitrogens with zero attached hydrogens (tertiary/aromatic N) is 2. The van der Waals surface area contributed by atoms with Gasteiger partial charge in [-0.1, -0.05) is 31.0 Å². The number of rotatable bonds is 4. The molecule has 2 N–H and O–H groups in total. The van der Waals surface area contributed by atoms with Crippen molar-refractivity contribution < 1.29 is 9.59 Å². The van der Waals surface area contributed by atoms with Crippen LogP contribution in [0, 0.1) is 6.92 Å². The molecule has 0 bridgehead atoms. The molecule has 0 aromatic heterocycles. The second-order valence-corrected chi connectivity index (χ2v) is 5.88. The van der Waals surface area contributed by atoms with Crippen molar-refractivity contribution in [2.75, 3.05) is 26.2 Å². The molecule has 1 aliphatic rings. The standard InChI is InChI=1S/C17H25N3O2.ClH/c1-3-4-15(18)17(22)20-11-9-19(10-12-20)16(21)14-7-5-13(2)6-8-14;/h5-8,15H,3-4,9-12,18H2,1-2H3;1H. The maximum Gasteiger partial charge on any atom is 0.253 e. The van der Waals surface area contributed by atoms with Crippen molar-refractivity contribution in [3.05, 3.63) is 35.4 Å². The third kappa shape index (κ3) is 4.94. The highest BCUT2D eigenvalue weighted by molar-refractivity contribution is 5.94. The van der Waals surface area contributed by atoms with Crippen LogP contribution < -0.4 is 5.73 Å². The van der Waals surface area contributed by atoms with Gasteiger partial charge in [0.2, 0.25) is 5.91 Å². The fourth-order valence-corrected chi connectivity index (χ4v) is 2.68. The molecule has 128 valence electrons. The van der Waals surface area contributed by atoms with E-state index in [2.05, 4.69) is 0 Å². The van der Waals surface area contributed by atoms with E-state index in [4.69, 9.17) is 5.73 Å². The maximum atomic E-state index is 12.4. The van der Waals surface area contributed by atoms with Gasteiger partial charge in [0.05, 0.1) is 6.04 Å². The minimum absolute atomic E-state index is 0. The normalized spacial score (nSPS) is 15.8. The number of piperazine rings is 1. The lowest BCUT2D eigenvalue weighted by Crippen LogP contribution is -2.54. The zero-order valence-electron chi connectivity index (χ0n) is 13.8. The first-order valence-electron chi connectivity index (χ1n) is 7.93. The van der Waals surface area contributed by atoms with Gasteiger partial charge in [-0.2, -0.15) is 0 Å². The van der Waals surface area contributed by atoms with Crippen LogP contribution in [0.25, 0.3) is 0 Å². The summed E-state index contributed by atoms with van der Waals surface area (Å²) >= 11 is 0. The zero-order valence-corrected chi connectivity index (χ0v) is 14.6. The van der Waals surface area contributed by atoms with Crippen LogP contribution in [0.1, 0.15) is 35.7 Å². The molecule has 1 saturated heterocycles. The molecule has 1 aromatic rings. The Labute approximate surface area is 144 Å². The largest absolute Gasteiger partial charge is 0.338 e. The van der Waals surface area contributed by atoms with Crippen LogP contribution in [0.4, 0.5) is 0 Å². The summed E-state index contributed by atoms with van der Waals surface area (Å²) in [5, 5.41) is 0. The Bertz CT molecular complexity index is 525. The summed E-state index contributed by atoms with van der Waals surface area (Å²) in [6.07, 6.45) is 1.61. The van der Waals surface area contributed by atoms with E-state index in [-0.39, 0.29) is 24.2 Å². The van der Waals surface area contributed by atoms with Crippen molar-refractivity contribution in [1.29, 1.82) is 0 Å². The number of amides is 2. The Hall–Kier alpha value is -1.59. The van der Waals surface area contributed by atoms with Gasteiger partial charge in [-0.05, 0) is 25.5 Å². The van der Waals surface area contributed by atoms with Crippen LogP contribution in [0.2, 0.25) is 0 Å². The quantitative estimate of drug-likeness (QED) is 0.910. The van der Waals surface area contributed by atoms with Gasteiger partial charge in [0.25, 0.3) is 5.91 Å². The molecule has 1 atom stereocenters. The average Bonchev–Trinajstić information content (AvgIpc) is 2.54. The highest BCUT2D eigenvalue weighted by Gasteiger charge is 2.27. The molecule has 0 saturated carbocycles. The molecule has 23 heavy (non-hydrogen) atoms. The van der Waals surface area contributed by atoms with E-state index in [1.165, 1.54) is 0 Å². The highest BCUT2D eigenvalue weighted by Crippen LogP contribution is 2.11. The van der Waals surface area contributed by atoms with Crippen LogP contribution in [-0.4, -0.2) is 53.8 Å². The van der Waals surface area contributed by atoms with E-state index < -0.39 is 6.04 Å². The van der Waals surface area contributed by atoms with E-state index in [9.17, 15) is 9.59 Å². The Morgan fingerprint density at radius 1 is 1.09 bits per heavy atom. The van der Waals surface area contributed by atoms with Gasteiger partial charge in [-0.15, -0.1) is 12.4 Å². The van der Waals surface area contributed by atoms with E-state index in [1.54, 1.807) is 9.80 Å². The van der Waals surface area contributed by atoms with Gasteiger partial charge >= 0.3 is 0 Å². The van der Waals surface area contributed by atoms with Gasteiger partial charge in [0.1, 0.15) is 0 Å². The van der Waals surface area contributed by atoms with Gasteiger partial charge in [-0.3, -0.25) is 9.59 Å². The molecular formula is C17H26ClN3O2. The fraction of sp³-hybridized carbons (Fsp3) is 0.529. The molecule has 2 rings (SSSR count). The molecule has 2 amide bonds. The van der Waals surface area contributed by atoms with Crippen LogP contribution in [0.5, 0.6) is 0 Å². The number of halogens is 1. The minimum Gasteiger partial charge on any atom is -0.338 e.